The first-order chi connectivity index (χ1) is 9.52. The number of rotatable bonds is 3. The van der Waals surface area contributed by atoms with Crippen molar-refractivity contribution in [1.82, 2.24) is 4.98 Å². The van der Waals surface area contributed by atoms with E-state index in [2.05, 4.69) is 10.3 Å². The van der Waals surface area contributed by atoms with Crippen molar-refractivity contribution in [2.24, 2.45) is 0 Å². The third kappa shape index (κ3) is 2.85. The van der Waals surface area contributed by atoms with Crippen LogP contribution in [-0.4, -0.2) is 24.0 Å². The average molecular weight is 290 g/mol. The monoisotopic (exact) mass is 290 g/mol. The van der Waals surface area contributed by atoms with Gasteiger partial charge in [0.15, 0.2) is 0 Å². The Morgan fingerprint density at radius 2 is 2.05 bits per heavy atom. The molecular weight excluding hydrogens is 276 g/mol. The maximum Gasteiger partial charge on any atom is 0.339 e. The number of methoxy groups -OCH3 is 1. The first-order valence-corrected chi connectivity index (χ1v) is 6.81. The van der Waals surface area contributed by atoms with E-state index in [1.54, 1.807) is 24.6 Å². The molecule has 6 heteroatoms. The van der Waals surface area contributed by atoms with Crippen LogP contribution in [0.5, 0.6) is 0 Å². The standard InChI is InChI=1S/C14H14N2O3S/c1-8-4-5-11(10(6-8)14(18)19-3)16-13(17)12-9(2)15-7-20-12/h4-7H,1-3H3,(H,16,17). The molecule has 0 bridgehead atoms. The molecule has 0 unspecified atom stereocenters. The molecule has 2 rings (SSSR count). The predicted molar refractivity (Wildman–Crippen MR) is 77.3 cm³/mol. The van der Waals surface area contributed by atoms with E-state index in [9.17, 15) is 9.59 Å². The summed E-state index contributed by atoms with van der Waals surface area (Å²) in [7, 11) is 1.31. The largest absolute Gasteiger partial charge is 0.465 e. The molecule has 1 aromatic carbocycles. The summed E-state index contributed by atoms with van der Waals surface area (Å²) in [5, 5.41) is 2.73. The molecule has 2 aromatic rings. The summed E-state index contributed by atoms with van der Waals surface area (Å²) >= 11 is 1.26. The lowest BCUT2D eigenvalue weighted by Gasteiger charge is -2.10. The van der Waals surface area contributed by atoms with Crippen LogP contribution in [0.4, 0.5) is 5.69 Å². The normalized spacial score (nSPS) is 10.2. The Bertz CT molecular complexity index is 664. The van der Waals surface area contributed by atoms with Crippen LogP contribution in [-0.2, 0) is 4.74 Å². The first-order valence-electron chi connectivity index (χ1n) is 5.93. The Morgan fingerprint density at radius 3 is 2.65 bits per heavy atom. The van der Waals surface area contributed by atoms with Gasteiger partial charge in [-0.3, -0.25) is 4.79 Å². The molecule has 104 valence electrons. The molecule has 1 N–H and O–H groups in total. The molecule has 0 aliphatic rings. The third-order valence-electron chi connectivity index (χ3n) is 2.78. The van der Waals surface area contributed by atoms with Crippen molar-refractivity contribution in [3.05, 3.63) is 45.4 Å². The van der Waals surface area contributed by atoms with Crippen molar-refractivity contribution in [1.29, 1.82) is 0 Å². The van der Waals surface area contributed by atoms with Gasteiger partial charge >= 0.3 is 5.97 Å². The van der Waals surface area contributed by atoms with Crippen LogP contribution >= 0.6 is 11.3 Å². The third-order valence-corrected chi connectivity index (χ3v) is 3.71. The maximum absolute atomic E-state index is 12.2. The number of benzene rings is 1. The predicted octanol–water partition coefficient (Wildman–Crippen LogP) is 2.80. The highest BCUT2D eigenvalue weighted by atomic mass is 32.1. The van der Waals surface area contributed by atoms with E-state index in [-0.39, 0.29) is 5.91 Å². The zero-order valence-corrected chi connectivity index (χ0v) is 12.2. The number of nitrogens with zero attached hydrogens (tertiary/aromatic N) is 1. The molecule has 0 spiro atoms. The number of aromatic nitrogens is 1. The summed E-state index contributed by atoms with van der Waals surface area (Å²) < 4.78 is 4.73. The van der Waals surface area contributed by atoms with E-state index in [4.69, 9.17) is 4.74 Å². The van der Waals surface area contributed by atoms with E-state index in [0.717, 1.165) is 5.56 Å². The number of esters is 1. The zero-order chi connectivity index (χ0) is 14.7. The minimum atomic E-state index is -0.481. The minimum Gasteiger partial charge on any atom is -0.465 e. The maximum atomic E-state index is 12.2. The highest BCUT2D eigenvalue weighted by Gasteiger charge is 2.17. The smallest absolute Gasteiger partial charge is 0.339 e. The zero-order valence-electron chi connectivity index (χ0n) is 11.4. The number of amides is 1. The Morgan fingerprint density at radius 1 is 1.30 bits per heavy atom. The van der Waals surface area contributed by atoms with Crippen LogP contribution in [0.1, 0.15) is 31.3 Å². The molecule has 0 aliphatic heterocycles. The number of thiazole rings is 1. The highest BCUT2D eigenvalue weighted by Crippen LogP contribution is 2.21. The van der Waals surface area contributed by atoms with Gasteiger partial charge < -0.3 is 10.1 Å². The minimum absolute atomic E-state index is 0.279. The Labute approximate surface area is 120 Å². The molecule has 1 amide bonds. The SMILES string of the molecule is COC(=O)c1cc(C)ccc1NC(=O)c1scnc1C. The topological polar surface area (TPSA) is 68.3 Å². The number of ether oxygens (including phenoxy) is 1. The molecule has 5 nitrogen and oxygen atoms in total. The molecule has 0 radical (unpaired) electrons. The Balaban J connectivity index is 2.32. The van der Waals surface area contributed by atoms with Crippen LogP contribution < -0.4 is 5.32 Å². The van der Waals surface area contributed by atoms with Crippen LogP contribution in [0, 0.1) is 13.8 Å². The van der Waals surface area contributed by atoms with E-state index in [1.165, 1.54) is 18.4 Å². The van der Waals surface area contributed by atoms with Gasteiger partial charge in [0, 0.05) is 0 Å². The molecule has 0 saturated carbocycles. The fourth-order valence-electron chi connectivity index (χ4n) is 1.74. The van der Waals surface area contributed by atoms with Crippen molar-refractivity contribution in [3.63, 3.8) is 0 Å². The lowest BCUT2D eigenvalue weighted by Crippen LogP contribution is -2.15. The van der Waals surface area contributed by atoms with Crippen molar-refractivity contribution < 1.29 is 14.3 Å². The van der Waals surface area contributed by atoms with E-state index in [1.807, 2.05) is 13.0 Å². The molecular formula is C14H14N2O3S. The van der Waals surface area contributed by atoms with E-state index < -0.39 is 5.97 Å². The van der Waals surface area contributed by atoms with Gasteiger partial charge in [-0.15, -0.1) is 11.3 Å². The van der Waals surface area contributed by atoms with Crippen molar-refractivity contribution >= 4 is 28.9 Å². The lowest BCUT2D eigenvalue weighted by molar-refractivity contribution is 0.0602. The van der Waals surface area contributed by atoms with Gasteiger partial charge in [0.05, 0.1) is 29.6 Å². The Hall–Kier alpha value is -2.21. The molecule has 1 aromatic heterocycles. The quantitative estimate of drug-likeness (QED) is 0.883. The van der Waals surface area contributed by atoms with Gasteiger partial charge in [-0.2, -0.15) is 0 Å². The van der Waals surface area contributed by atoms with E-state index >= 15 is 0 Å². The number of aryl methyl sites for hydroxylation is 2. The molecule has 0 aliphatic carbocycles. The van der Waals surface area contributed by atoms with Crippen LogP contribution in [0.25, 0.3) is 0 Å². The molecule has 20 heavy (non-hydrogen) atoms. The molecule has 0 fully saturated rings. The average Bonchev–Trinajstić information content (AvgIpc) is 2.86. The second-order valence-electron chi connectivity index (χ2n) is 4.26. The summed E-state index contributed by atoms with van der Waals surface area (Å²) in [4.78, 5) is 28.5. The van der Waals surface area contributed by atoms with Gasteiger partial charge in [-0.05, 0) is 26.0 Å². The van der Waals surface area contributed by atoms with Crippen LogP contribution in [0.15, 0.2) is 23.7 Å². The summed E-state index contributed by atoms with van der Waals surface area (Å²) in [6.45, 7) is 3.63. The number of hydrogen-bond acceptors (Lipinski definition) is 5. The second kappa shape index (κ2) is 5.83. The van der Waals surface area contributed by atoms with Gasteiger partial charge in [0.25, 0.3) is 5.91 Å². The number of hydrogen-bond donors (Lipinski definition) is 1. The lowest BCUT2D eigenvalue weighted by atomic mass is 10.1. The van der Waals surface area contributed by atoms with E-state index in [0.29, 0.717) is 21.8 Å². The first kappa shape index (κ1) is 14.2. The molecule has 0 saturated heterocycles. The number of carbonyl (C=O) groups is 2. The van der Waals surface area contributed by atoms with Gasteiger partial charge in [-0.25, -0.2) is 9.78 Å². The number of nitrogens with one attached hydrogen (secondary N) is 1. The number of anilines is 1. The summed E-state index contributed by atoms with van der Waals surface area (Å²) in [6.07, 6.45) is 0. The van der Waals surface area contributed by atoms with Crippen molar-refractivity contribution in [2.75, 3.05) is 12.4 Å². The summed E-state index contributed by atoms with van der Waals surface area (Å²) in [6, 6.07) is 5.19. The Kier molecular flexibility index (Phi) is 4.14. The second-order valence-corrected chi connectivity index (χ2v) is 5.12. The van der Waals surface area contributed by atoms with Crippen LogP contribution in [0.3, 0.4) is 0 Å². The number of carbonyl (C=O) groups excluding carboxylic acids is 2. The van der Waals surface area contributed by atoms with Gasteiger partial charge in [-0.1, -0.05) is 11.6 Å². The summed E-state index contributed by atoms with van der Waals surface area (Å²) in [5.41, 5.74) is 3.96. The fourth-order valence-corrected chi connectivity index (χ4v) is 2.44. The fraction of sp³-hybridized carbons (Fsp3) is 0.214. The molecule has 0 atom stereocenters. The van der Waals surface area contributed by atoms with Gasteiger partial charge in [0.2, 0.25) is 0 Å². The molecule has 1 heterocycles. The summed E-state index contributed by atoms with van der Waals surface area (Å²) in [5.74, 6) is -0.760. The van der Waals surface area contributed by atoms with Gasteiger partial charge in [0.1, 0.15) is 4.88 Å². The highest BCUT2D eigenvalue weighted by molar-refractivity contribution is 7.12. The van der Waals surface area contributed by atoms with Crippen molar-refractivity contribution in [3.8, 4) is 0 Å². The van der Waals surface area contributed by atoms with Crippen molar-refractivity contribution in [2.45, 2.75) is 13.8 Å². The van der Waals surface area contributed by atoms with Crippen LogP contribution in [0.2, 0.25) is 0 Å².